The Bertz CT molecular complexity index is 647. The van der Waals surface area contributed by atoms with E-state index in [1.165, 1.54) is 0 Å². The second-order valence-electron chi connectivity index (χ2n) is 5.09. The van der Waals surface area contributed by atoms with Gasteiger partial charge in [-0.2, -0.15) is 0 Å². The van der Waals surface area contributed by atoms with Crippen molar-refractivity contribution in [2.24, 2.45) is 0 Å². The largest absolute Gasteiger partial charge is 0.334 e. The van der Waals surface area contributed by atoms with Crippen molar-refractivity contribution < 1.29 is 4.79 Å². The van der Waals surface area contributed by atoms with Gasteiger partial charge in [-0.05, 0) is 18.9 Å². The Kier molecular flexibility index (Phi) is 4.22. The molecule has 0 aliphatic carbocycles. The van der Waals surface area contributed by atoms with E-state index >= 15 is 0 Å². The van der Waals surface area contributed by atoms with Gasteiger partial charge in [0, 0.05) is 37.8 Å². The van der Waals surface area contributed by atoms with Gasteiger partial charge in [-0.3, -0.25) is 9.78 Å². The minimum Gasteiger partial charge on any atom is -0.334 e. The number of nitrogens with zero attached hydrogens (tertiary/aromatic N) is 5. The third kappa shape index (κ3) is 2.88. The Balaban J connectivity index is 1.89. The summed E-state index contributed by atoms with van der Waals surface area (Å²) in [5.74, 6) is 1.22. The zero-order valence-corrected chi connectivity index (χ0v) is 12.4. The van der Waals surface area contributed by atoms with Crippen molar-refractivity contribution >= 4 is 17.7 Å². The summed E-state index contributed by atoms with van der Waals surface area (Å²) in [4.78, 5) is 31.1. The van der Waals surface area contributed by atoms with Crippen LogP contribution in [0.5, 0.6) is 0 Å². The van der Waals surface area contributed by atoms with Crippen LogP contribution in [-0.2, 0) is 4.79 Å². The fourth-order valence-corrected chi connectivity index (χ4v) is 2.71. The lowest BCUT2D eigenvalue weighted by atomic mass is 10.1. The van der Waals surface area contributed by atoms with E-state index in [2.05, 4.69) is 25.3 Å². The number of nitrogens with one attached hydrogen (secondary N) is 1. The van der Waals surface area contributed by atoms with E-state index in [9.17, 15) is 4.79 Å². The molecule has 1 aliphatic rings. The van der Waals surface area contributed by atoms with E-state index in [0.717, 1.165) is 25.1 Å². The Labute approximate surface area is 128 Å². The maximum absolute atomic E-state index is 12.1. The van der Waals surface area contributed by atoms with Crippen LogP contribution in [0.3, 0.4) is 0 Å². The summed E-state index contributed by atoms with van der Waals surface area (Å²) in [6.45, 7) is 2.65. The molecule has 0 radical (unpaired) electrons. The smallest absolute Gasteiger partial charge is 0.228 e. The molecule has 1 saturated heterocycles. The number of hydrogen-bond acceptors (Lipinski definition) is 6. The molecule has 1 fully saturated rings. The maximum atomic E-state index is 12.1. The molecule has 0 spiro atoms. The lowest BCUT2D eigenvalue weighted by molar-refractivity contribution is -0.131. The summed E-state index contributed by atoms with van der Waals surface area (Å²) in [6.07, 6.45) is 8.97. The summed E-state index contributed by atoms with van der Waals surface area (Å²) in [7, 11) is 0. The average Bonchev–Trinajstić information content (AvgIpc) is 3.05. The van der Waals surface area contributed by atoms with Crippen molar-refractivity contribution in [1.82, 2.24) is 24.8 Å². The summed E-state index contributed by atoms with van der Waals surface area (Å²) in [5, 5.41) is 3.09. The van der Waals surface area contributed by atoms with Gasteiger partial charge in [0.05, 0.1) is 6.04 Å². The number of rotatable bonds is 4. The summed E-state index contributed by atoms with van der Waals surface area (Å²) in [5.41, 5.74) is 0.772. The van der Waals surface area contributed by atoms with Gasteiger partial charge in [0.25, 0.3) is 0 Å². The normalized spacial score (nSPS) is 17.5. The Morgan fingerprint density at radius 2 is 2.00 bits per heavy atom. The number of anilines is 2. The van der Waals surface area contributed by atoms with Crippen LogP contribution in [0, 0.1) is 0 Å². The van der Waals surface area contributed by atoms with Gasteiger partial charge in [-0.1, -0.05) is 6.92 Å². The molecule has 2 aromatic rings. The van der Waals surface area contributed by atoms with Gasteiger partial charge in [-0.25, -0.2) is 15.0 Å². The van der Waals surface area contributed by atoms with Crippen LogP contribution in [0.2, 0.25) is 0 Å². The van der Waals surface area contributed by atoms with Crippen LogP contribution in [0.25, 0.3) is 0 Å². The van der Waals surface area contributed by atoms with E-state index in [1.807, 2.05) is 11.8 Å². The van der Waals surface area contributed by atoms with Crippen molar-refractivity contribution in [3.05, 3.63) is 36.5 Å². The number of likely N-dealkylation sites (tertiary alicyclic amines) is 1. The van der Waals surface area contributed by atoms with Crippen LogP contribution < -0.4 is 5.32 Å². The van der Waals surface area contributed by atoms with Crippen molar-refractivity contribution in [2.45, 2.75) is 32.2 Å². The van der Waals surface area contributed by atoms with Crippen LogP contribution in [0.15, 0.2) is 30.9 Å². The fourth-order valence-electron chi connectivity index (χ4n) is 2.71. The highest BCUT2D eigenvalue weighted by molar-refractivity contribution is 5.77. The van der Waals surface area contributed by atoms with Crippen molar-refractivity contribution in [2.75, 3.05) is 11.9 Å². The molecule has 7 heteroatoms. The first-order chi connectivity index (χ1) is 10.8. The minimum atomic E-state index is -0.0348. The molecule has 3 rings (SSSR count). The SMILES string of the molecule is CCC(=O)N1CCC[C@@H]1c1nccnc1Nc1ncccn1. The zero-order valence-electron chi connectivity index (χ0n) is 12.4. The molecule has 0 bridgehead atoms. The molecule has 0 unspecified atom stereocenters. The monoisotopic (exact) mass is 298 g/mol. The van der Waals surface area contributed by atoms with Crippen LogP contribution in [0.4, 0.5) is 11.8 Å². The van der Waals surface area contributed by atoms with Crippen molar-refractivity contribution in [3.8, 4) is 0 Å². The van der Waals surface area contributed by atoms with Gasteiger partial charge in [0.1, 0.15) is 5.69 Å². The highest BCUT2D eigenvalue weighted by Gasteiger charge is 2.32. The molecule has 114 valence electrons. The van der Waals surface area contributed by atoms with E-state index in [-0.39, 0.29) is 11.9 Å². The third-order valence-electron chi connectivity index (χ3n) is 3.71. The number of carbonyl (C=O) groups is 1. The molecule has 0 saturated carbocycles. The van der Waals surface area contributed by atoms with Gasteiger partial charge in [0.2, 0.25) is 11.9 Å². The molecule has 1 amide bonds. The van der Waals surface area contributed by atoms with Gasteiger partial charge in [-0.15, -0.1) is 0 Å². The molecule has 1 atom stereocenters. The molecule has 0 aromatic carbocycles. The van der Waals surface area contributed by atoms with Gasteiger partial charge >= 0.3 is 0 Å². The summed E-state index contributed by atoms with van der Waals surface area (Å²) in [6, 6.07) is 1.72. The summed E-state index contributed by atoms with van der Waals surface area (Å²) >= 11 is 0. The topological polar surface area (TPSA) is 83.9 Å². The predicted molar refractivity (Wildman–Crippen MR) is 81.3 cm³/mol. The standard InChI is InChI=1S/C15H18N6O/c1-2-12(22)21-10-3-5-11(21)13-14(17-9-8-16-13)20-15-18-6-4-7-19-15/h4,6-9,11H,2-3,5,10H2,1H3,(H,17,18,19,20)/t11-/m1/s1. The van der Waals surface area contributed by atoms with E-state index in [0.29, 0.717) is 18.2 Å². The maximum Gasteiger partial charge on any atom is 0.228 e. The number of hydrogen-bond donors (Lipinski definition) is 1. The Morgan fingerprint density at radius 3 is 2.77 bits per heavy atom. The molecule has 1 N–H and O–H groups in total. The van der Waals surface area contributed by atoms with Crippen molar-refractivity contribution in [3.63, 3.8) is 0 Å². The molecule has 22 heavy (non-hydrogen) atoms. The second kappa shape index (κ2) is 6.46. The first kappa shape index (κ1) is 14.4. The first-order valence-electron chi connectivity index (χ1n) is 7.44. The first-order valence-corrected chi connectivity index (χ1v) is 7.44. The fraction of sp³-hybridized carbons (Fsp3) is 0.400. The number of carbonyl (C=O) groups excluding carboxylic acids is 1. The number of aromatic nitrogens is 4. The lowest BCUT2D eigenvalue weighted by Crippen LogP contribution is -2.30. The van der Waals surface area contributed by atoms with E-state index < -0.39 is 0 Å². The number of amides is 1. The Morgan fingerprint density at radius 1 is 1.23 bits per heavy atom. The van der Waals surface area contributed by atoms with Gasteiger partial charge < -0.3 is 10.2 Å². The predicted octanol–water partition coefficient (Wildman–Crippen LogP) is 2.08. The molecular formula is C15H18N6O. The zero-order chi connectivity index (χ0) is 15.4. The average molecular weight is 298 g/mol. The quantitative estimate of drug-likeness (QED) is 0.930. The molecule has 3 heterocycles. The van der Waals surface area contributed by atoms with E-state index in [4.69, 9.17) is 0 Å². The minimum absolute atomic E-state index is 0.0348. The molecule has 2 aromatic heterocycles. The molecule has 1 aliphatic heterocycles. The van der Waals surface area contributed by atoms with Crippen LogP contribution >= 0.6 is 0 Å². The lowest BCUT2D eigenvalue weighted by Gasteiger charge is -2.25. The van der Waals surface area contributed by atoms with E-state index in [1.54, 1.807) is 30.9 Å². The summed E-state index contributed by atoms with van der Waals surface area (Å²) < 4.78 is 0. The van der Waals surface area contributed by atoms with Crippen LogP contribution in [0.1, 0.15) is 37.9 Å². The molecule has 7 nitrogen and oxygen atoms in total. The molecular weight excluding hydrogens is 280 g/mol. The Hall–Kier alpha value is -2.57. The van der Waals surface area contributed by atoms with Crippen molar-refractivity contribution in [1.29, 1.82) is 0 Å². The third-order valence-corrected chi connectivity index (χ3v) is 3.71. The van der Waals surface area contributed by atoms with Crippen LogP contribution in [-0.4, -0.2) is 37.3 Å². The highest BCUT2D eigenvalue weighted by Crippen LogP contribution is 2.34. The second-order valence-corrected chi connectivity index (χ2v) is 5.09. The highest BCUT2D eigenvalue weighted by atomic mass is 16.2. The van der Waals surface area contributed by atoms with Gasteiger partial charge in [0.15, 0.2) is 5.82 Å².